The lowest BCUT2D eigenvalue weighted by molar-refractivity contribution is 0.619. The van der Waals surface area contributed by atoms with E-state index in [4.69, 9.17) is 12.2 Å². The molecule has 1 heterocycles. The highest BCUT2D eigenvalue weighted by atomic mass is 32.1. The molecule has 0 aliphatic rings. The van der Waals surface area contributed by atoms with Crippen molar-refractivity contribution in [2.45, 2.75) is 6.92 Å². The van der Waals surface area contributed by atoms with Crippen LogP contribution < -0.4 is 0 Å². The zero-order chi connectivity index (χ0) is 10.8. The van der Waals surface area contributed by atoms with Crippen LogP contribution >= 0.6 is 12.2 Å². The van der Waals surface area contributed by atoms with Gasteiger partial charge in [-0.2, -0.15) is 0 Å². The van der Waals surface area contributed by atoms with Crippen LogP contribution in [0.2, 0.25) is 0 Å². The third-order valence-electron chi connectivity index (χ3n) is 2.33. The number of aromatic amines is 1. The highest BCUT2D eigenvalue weighted by molar-refractivity contribution is 7.71. The average Bonchev–Trinajstić information content (AvgIpc) is 2.22. The maximum absolute atomic E-state index is 13.3. The molecule has 0 aliphatic carbocycles. The summed E-state index contributed by atoms with van der Waals surface area (Å²) in [4.78, 5) is 3.04. The van der Waals surface area contributed by atoms with E-state index in [0.29, 0.717) is 10.2 Å². The topological polar surface area (TPSA) is 15.8 Å². The van der Waals surface area contributed by atoms with Crippen LogP contribution in [0.3, 0.4) is 0 Å². The number of hydrogen-bond donors (Lipinski definition) is 1. The number of H-pyrrole nitrogens is 1. The Labute approximate surface area is 92.6 Å². The first-order valence-corrected chi connectivity index (χ1v) is 5.04. The first kappa shape index (κ1) is 10.1. The van der Waals surface area contributed by atoms with E-state index in [9.17, 15) is 4.39 Å². The van der Waals surface area contributed by atoms with Crippen LogP contribution in [-0.2, 0) is 0 Å². The second-order valence-corrected chi connectivity index (χ2v) is 3.78. The Balaban J connectivity index is 2.64. The summed E-state index contributed by atoms with van der Waals surface area (Å²) in [6.07, 6.45) is 0. The average molecular weight is 219 g/mol. The van der Waals surface area contributed by atoms with Gasteiger partial charge in [0.1, 0.15) is 10.5 Å². The molecule has 1 N–H and O–H groups in total. The maximum atomic E-state index is 13.3. The van der Waals surface area contributed by atoms with Gasteiger partial charge in [0.05, 0.1) is 0 Å². The molecule has 0 fully saturated rings. The molecule has 3 heteroatoms. The Bertz CT molecular complexity index is 545. The van der Waals surface area contributed by atoms with Crippen molar-refractivity contribution in [2.75, 3.05) is 0 Å². The Hall–Kier alpha value is -1.48. The van der Waals surface area contributed by atoms with Gasteiger partial charge in [0.25, 0.3) is 0 Å². The Morgan fingerprint density at radius 1 is 1.13 bits per heavy atom. The van der Waals surface area contributed by atoms with Gasteiger partial charge in [-0.25, -0.2) is 4.39 Å². The highest BCUT2D eigenvalue weighted by Gasteiger charge is 2.05. The lowest BCUT2D eigenvalue weighted by atomic mass is 10.0. The fourth-order valence-corrected chi connectivity index (χ4v) is 1.69. The molecule has 1 aromatic carbocycles. The van der Waals surface area contributed by atoms with Gasteiger partial charge in [-0.1, -0.05) is 30.4 Å². The van der Waals surface area contributed by atoms with E-state index in [1.165, 1.54) is 6.07 Å². The largest absolute Gasteiger partial charge is 0.346 e. The normalized spacial score (nSPS) is 10.3. The summed E-state index contributed by atoms with van der Waals surface area (Å²) in [5.74, 6) is -0.198. The summed E-state index contributed by atoms with van der Waals surface area (Å²) in [5.41, 5.74) is 2.33. The summed E-state index contributed by atoms with van der Waals surface area (Å²) in [6.45, 7) is 1.76. The van der Waals surface area contributed by atoms with E-state index < -0.39 is 0 Å². The molecule has 2 rings (SSSR count). The van der Waals surface area contributed by atoms with Gasteiger partial charge in [0.2, 0.25) is 0 Å². The molecule has 1 nitrogen and oxygen atoms in total. The summed E-state index contributed by atoms with van der Waals surface area (Å²) in [6, 6.07) is 10.6. The van der Waals surface area contributed by atoms with E-state index in [2.05, 4.69) is 4.98 Å². The second kappa shape index (κ2) is 3.95. The number of aromatic nitrogens is 1. The van der Waals surface area contributed by atoms with Crippen molar-refractivity contribution in [3.05, 3.63) is 52.4 Å². The molecule has 0 bridgehead atoms. The first-order chi connectivity index (χ1) is 7.18. The molecular formula is C12H10FNS. The van der Waals surface area contributed by atoms with Crippen molar-refractivity contribution in [3.8, 4) is 11.3 Å². The number of hydrogen-bond acceptors (Lipinski definition) is 1. The van der Waals surface area contributed by atoms with Crippen LogP contribution in [0.1, 0.15) is 5.56 Å². The minimum atomic E-state index is -0.198. The van der Waals surface area contributed by atoms with Crippen LogP contribution in [0, 0.1) is 17.4 Å². The van der Waals surface area contributed by atoms with Gasteiger partial charge in [0, 0.05) is 11.3 Å². The lowest BCUT2D eigenvalue weighted by Crippen LogP contribution is -1.90. The molecule has 1 aromatic heterocycles. The smallest absolute Gasteiger partial charge is 0.126 e. The van der Waals surface area contributed by atoms with Gasteiger partial charge in [-0.3, -0.25) is 0 Å². The zero-order valence-corrected chi connectivity index (χ0v) is 9.07. The molecule has 0 unspecified atom stereocenters. The number of halogens is 1. The number of rotatable bonds is 1. The van der Waals surface area contributed by atoms with Crippen molar-refractivity contribution in [2.24, 2.45) is 0 Å². The third kappa shape index (κ3) is 1.97. The van der Waals surface area contributed by atoms with Crippen molar-refractivity contribution in [1.82, 2.24) is 4.98 Å². The van der Waals surface area contributed by atoms with Crippen LogP contribution in [0.25, 0.3) is 11.3 Å². The van der Waals surface area contributed by atoms with Gasteiger partial charge in [0.15, 0.2) is 0 Å². The minimum Gasteiger partial charge on any atom is -0.346 e. The maximum Gasteiger partial charge on any atom is 0.126 e. The molecule has 0 radical (unpaired) electrons. The van der Waals surface area contributed by atoms with Crippen LogP contribution in [-0.4, -0.2) is 4.98 Å². The van der Waals surface area contributed by atoms with Gasteiger partial charge < -0.3 is 4.98 Å². The Morgan fingerprint density at radius 3 is 2.60 bits per heavy atom. The molecule has 2 aromatic rings. The van der Waals surface area contributed by atoms with Crippen molar-refractivity contribution in [3.63, 3.8) is 0 Å². The highest BCUT2D eigenvalue weighted by Crippen LogP contribution is 2.22. The van der Waals surface area contributed by atoms with E-state index in [1.807, 2.05) is 18.2 Å². The summed E-state index contributed by atoms with van der Waals surface area (Å²) in [7, 11) is 0. The summed E-state index contributed by atoms with van der Waals surface area (Å²) >= 11 is 5.03. The SMILES string of the molecule is Cc1c(F)cccc1-c1cccc(=S)[nH]1. The first-order valence-electron chi connectivity index (χ1n) is 4.63. The summed E-state index contributed by atoms with van der Waals surface area (Å²) in [5, 5.41) is 0. The standard InChI is InChI=1S/C12H10FNS/c1-8-9(4-2-5-10(8)13)11-6-3-7-12(15)14-11/h2-7H,1H3,(H,14,15). The predicted molar refractivity (Wildman–Crippen MR) is 61.8 cm³/mol. The van der Waals surface area contributed by atoms with Crippen LogP contribution in [0.5, 0.6) is 0 Å². The van der Waals surface area contributed by atoms with Gasteiger partial charge in [-0.15, -0.1) is 0 Å². The number of benzene rings is 1. The molecule has 0 saturated carbocycles. The minimum absolute atomic E-state index is 0.198. The second-order valence-electron chi connectivity index (χ2n) is 3.34. The number of pyridine rings is 1. The zero-order valence-electron chi connectivity index (χ0n) is 8.25. The molecule has 15 heavy (non-hydrogen) atoms. The van der Waals surface area contributed by atoms with E-state index in [1.54, 1.807) is 19.1 Å². The van der Waals surface area contributed by atoms with E-state index >= 15 is 0 Å². The van der Waals surface area contributed by atoms with Gasteiger partial charge in [-0.05, 0) is 30.7 Å². The lowest BCUT2D eigenvalue weighted by Gasteiger charge is -2.06. The summed E-state index contributed by atoms with van der Waals surface area (Å²) < 4.78 is 14.0. The number of nitrogens with one attached hydrogen (secondary N) is 1. The van der Waals surface area contributed by atoms with Crippen LogP contribution in [0.4, 0.5) is 4.39 Å². The molecule has 76 valence electrons. The molecule has 0 atom stereocenters. The van der Waals surface area contributed by atoms with E-state index in [-0.39, 0.29) is 5.82 Å². The quantitative estimate of drug-likeness (QED) is 0.720. The van der Waals surface area contributed by atoms with E-state index in [0.717, 1.165) is 11.3 Å². The monoisotopic (exact) mass is 219 g/mol. The molecule has 0 amide bonds. The molecule has 0 saturated heterocycles. The van der Waals surface area contributed by atoms with Crippen molar-refractivity contribution in [1.29, 1.82) is 0 Å². The third-order valence-corrected chi connectivity index (χ3v) is 2.56. The molecular weight excluding hydrogens is 209 g/mol. The fraction of sp³-hybridized carbons (Fsp3) is 0.0833. The van der Waals surface area contributed by atoms with Crippen LogP contribution in [0.15, 0.2) is 36.4 Å². The molecule has 0 spiro atoms. The van der Waals surface area contributed by atoms with Crippen molar-refractivity contribution < 1.29 is 4.39 Å². The van der Waals surface area contributed by atoms with Gasteiger partial charge >= 0.3 is 0 Å². The van der Waals surface area contributed by atoms with Crippen molar-refractivity contribution >= 4 is 12.2 Å². The predicted octanol–water partition coefficient (Wildman–Crippen LogP) is 3.86. The Morgan fingerprint density at radius 2 is 1.87 bits per heavy atom. The fourth-order valence-electron chi connectivity index (χ4n) is 1.50. The molecule has 0 aliphatic heterocycles. The Kier molecular flexibility index (Phi) is 2.64.